The summed E-state index contributed by atoms with van der Waals surface area (Å²) in [6.07, 6.45) is 4.06. The van der Waals surface area contributed by atoms with Crippen molar-refractivity contribution in [3.63, 3.8) is 0 Å². The second-order valence-corrected chi connectivity index (χ2v) is 5.78. The lowest BCUT2D eigenvalue weighted by atomic mass is 9.89. The number of carboxylic acids is 1. The van der Waals surface area contributed by atoms with Crippen LogP contribution in [0, 0.1) is 5.41 Å². The molecule has 2 fully saturated rings. The van der Waals surface area contributed by atoms with Crippen LogP contribution >= 0.6 is 11.8 Å². The maximum Gasteiger partial charge on any atom is 0.353 e. The molecule has 0 bridgehead atoms. The molecule has 3 aliphatic rings. The molecule has 2 aliphatic heterocycles. The van der Waals surface area contributed by atoms with E-state index in [2.05, 4.69) is 0 Å². The van der Waals surface area contributed by atoms with Gasteiger partial charge >= 0.3 is 5.97 Å². The Balaban J connectivity index is 1.63. The third-order valence-corrected chi connectivity index (χ3v) is 5.28. The Morgan fingerprint density at radius 2 is 2.44 bits per heavy atom. The van der Waals surface area contributed by atoms with Crippen LogP contribution in [-0.2, 0) is 9.59 Å². The Bertz CT molecular complexity index is 593. The van der Waals surface area contributed by atoms with E-state index in [0.717, 1.165) is 12.0 Å². The molecule has 6 heteroatoms. The number of aliphatic carboxylic acids is 1. The summed E-state index contributed by atoms with van der Waals surface area (Å²) >= 11 is 1.43. The third kappa shape index (κ3) is 0.963. The first-order chi connectivity index (χ1) is 8.66. The zero-order valence-electron chi connectivity index (χ0n) is 9.20. The van der Waals surface area contributed by atoms with Crippen LogP contribution in [0.4, 0.5) is 0 Å². The number of amides is 1. The Hall–Kier alpha value is -1.69. The summed E-state index contributed by atoms with van der Waals surface area (Å²) in [5.74, 6) is -0.912. The van der Waals surface area contributed by atoms with Gasteiger partial charge in [0, 0.05) is 11.3 Å². The Kier molecular flexibility index (Phi) is 1.71. The molecule has 0 unspecified atom stereocenters. The van der Waals surface area contributed by atoms with Gasteiger partial charge in [0.2, 0.25) is 5.91 Å². The quantitative estimate of drug-likeness (QED) is 0.820. The minimum absolute atomic E-state index is 0.0454. The van der Waals surface area contributed by atoms with E-state index in [1.807, 2.05) is 6.07 Å². The van der Waals surface area contributed by atoms with E-state index in [0.29, 0.717) is 0 Å². The minimum atomic E-state index is -1.03. The summed E-state index contributed by atoms with van der Waals surface area (Å²) in [7, 11) is 0. The van der Waals surface area contributed by atoms with Crippen molar-refractivity contribution in [1.29, 1.82) is 0 Å². The van der Waals surface area contributed by atoms with Gasteiger partial charge < -0.3 is 9.52 Å². The van der Waals surface area contributed by atoms with Gasteiger partial charge in [-0.1, -0.05) is 0 Å². The highest BCUT2D eigenvalue weighted by Crippen LogP contribution is 2.73. The van der Waals surface area contributed by atoms with Crippen LogP contribution in [0.1, 0.15) is 17.9 Å². The van der Waals surface area contributed by atoms with Crippen molar-refractivity contribution in [3.05, 3.63) is 35.3 Å². The van der Waals surface area contributed by atoms with Gasteiger partial charge in [0.05, 0.1) is 17.9 Å². The van der Waals surface area contributed by atoms with Gasteiger partial charge in [-0.25, -0.2) is 4.79 Å². The van der Waals surface area contributed by atoms with Crippen LogP contribution < -0.4 is 0 Å². The van der Waals surface area contributed by atoms with Crippen molar-refractivity contribution < 1.29 is 19.1 Å². The average Bonchev–Trinajstić information content (AvgIpc) is 2.81. The van der Waals surface area contributed by atoms with E-state index in [1.165, 1.54) is 16.7 Å². The summed E-state index contributed by atoms with van der Waals surface area (Å²) in [5, 5.41) is 10.5. The minimum Gasteiger partial charge on any atom is -0.477 e. The van der Waals surface area contributed by atoms with E-state index in [1.54, 1.807) is 17.9 Å². The fourth-order valence-electron chi connectivity index (χ4n) is 3.03. The van der Waals surface area contributed by atoms with Gasteiger partial charge in [0.25, 0.3) is 0 Å². The maximum atomic E-state index is 12.2. The largest absolute Gasteiger partial charge is 0.477 e. The first kappa shape index (κ1) is 10.3. The number of furan rings is 1. The molecule has 92 valence electrons. The molecular formula is C12H9NO4S. The van der Waals surface area contributed by atoms with E-state index in [9.17, 15) is 9.59 Å². The lowest BCUT2D eigenvalue weighted by Gasteiger charge is -2.44. The molecule has 1 aliphatic carbocycles. The van der Waals surface area contributed by atoms with Gasteiger partial charge in [0.1, 0.15) is 11.1 Å². The van der Waals surface area contributed by atoms with E-state index in [-0.39, 0.29) is 28.3 Å². The number of carboxylic acid groups (broad SMARTS) is 1. The van der Waals surface area contributed by atoms with Crippen LogP contribution in [0.3, 0.4) is 0 Å². The highest BCUT2D eigenvalue weighted by molar-refractivity contribution is 8.03. The number of carbonyl (C=O) groups excluding carboxylic acids is 1. The fourth-order valence-corrected chi connectivity index (χ4v) is 4.44. The highest BCUT2D eigenvalue weighted by atomic mass is 32.2. The van der Waals surface area contributed by atoms with Gasteiger partial charge in [-0.3, -0.25) is 9.69 Å². The van der Waals surface area contributed by atoms with Crippen LogP contribution in [-0.4, -0.2) is 27.3 Å². The topological polar surface area (TPSA) is 70.8 Å². The summed E-state index contributed by atoms with van der Waals surface area (Å²) in [6.45, 7) is 0. The number of hydrogen-bond acceptors (Lipinski definition) is 4. The Labute approximate surface area is 106 Å². The molecule has 3 atom stereocenters. The van der Waals surface area contributed by atoms with Crippen molar-refractivity contribution in [2.45, 2.75) is 17.7 Å². The SMILES string of the molecule is O=C(O)C1=CS[C@H]2N1C(=O)[C@@]21C[C@H]1c1ccoc1. The van der Waals surface area contributed by atoms with Crippen LogP contribution in [0.5, 0.6) is 0 Å². The van der Waals surface area contributed by atoms with Gasteiger partial charge in [-0.2, -0.15) is 0 Å². The van der Waals surface area contributed by atoms with Crippen LogP contribution in [0.2, 0.25) is 0 Å². The van der Waals surface area contributed by atoms with Crippen molar-refractivity contribution in [1.82, 2.24) is 4.90 Å². The van der Waals surface area contributed by atoms with Crippen molar-refractivity contribution in [3.8, 4) is 0 Å². The second kappa shape index (κ2) is 3.00. The average molecular weight is 263 g/mol. The normalized spacial score (nSPS) is 36.3. The highest BCUT2D eigenvalue weighted by Gasteiger charge is 2.77. The monoisotopic (exact) mass is 263 g/mol. The first-order valence-corrected chi connectivity index (χ1v) is 6.55. The summed E-state index contributed by atoms with van der Waals surface area (Å²) in [4.78, 5) is 24.6. The molecule has 1 amide bonds. The summed E-state index contributed by atoms with van der Waals surface area (Å²) in [6, 6.07) is 1.88. The second-order valence-electron chi connectivity index (χ2n) is 4.83. The van der Waals surface area contributed by atoms with E-state index < -0.39 is 5.97 Å². The Morgan fingerprint density at radius 1 is 1.61 bits per heavy atom. The zero-order valence-corrected chi connectivity index (χ0v) is 10.0. The van der Waals surface area contributed by atoms with Crippen LogP contribution in [0.15, 0.2) is 34.1 Å². The molecule has 3 heterocycles. The molecule has 4 rings (SSSR count). The Morgan fingerprint density at radius 3 is 3.11 bits per heavy atom. The number of rotatable bonds is 2. The molecule has 18 heavy (non-hydrogen) atoms. The third-order valence-electron chi connectivity index (χ3n) is 4.03. The molecule has 5 nitrogen and oxygen atoms in total. The smallest absolute Gasteiger partial charge is 0.353 e. The van der Waals surface area contributed by atoms with Crippen molar-refractivity contribution in [2.24, 2.45) is 5.41 Å². The number of nitrogens with zero attached hydrogens (tertiary/aromatic N) is 1. The summed E-state index contributed by atoms with van der Waals surface area (Å²) < 4.78 is 5.04. The van der Waals surface area contributed by atoms with Crippen LogP contribution in [0.25, 0.3) is 0 Å². The fraction of sp³-hybridized carbons (Fsp3) is 0.333. The van der Waals surface area contributed by atoms with Crippen molar-refractivity contribution >= 4 is 23.6 Å². The molecule has 1 aromatic rings. The van der Waals surface area contributed by atoms with Gasteiger partial charge in [-0.05, 0) is 18.1 Å². The maximum absolute atomic E-state index is 12.2. The molecule has 1 N–H and O–H groups in total. The lowest BCUT2D eigenvalue weighted by molar-refractivity contribution is -0.154. The number of hydrogen-bond donors (Lipinski definition) is 1. The number of carbonyl (C=O) groups is 2. The molecule has 1 spiro atoms. The number of fused-ring (bicyclic) bond motifs is 2. The number of thioether (sulfide) groups is 1. The molecule has 1 saturated carbocycles. The zero-order chi connectivity index (χ0) is 12.5. The molecular weight excluding hydrogens is 254 g/mol. The molecule has 1 aromatic heterocycles. The lowest BCUT2D eigenvalue weighted by Crippen LogP contribution is -2.59. The molecule has 1 saturated heterocycles. The first-order valence-electron chi connectivity index (χ1n) is 5.61. The van der Waals surface area contributed by atoms with Gasteiger partial charge in [-0.15, -0.1) is 11.8 Å². The predicted octanol–water partition coefficient (Wildman–Crippen LogP) is 1.59. The van der Waals surface area contributed by atoms with E-state index in [4.69, 9.17) is 9.52 Å². The number of β-lactam (4-membered cyclic amide) rings is 1. The summed E-state index contributed by atoms with van der Waals surface area (Å²) in [5.41, 5.74) is 0.758. The standard InChI is InChI=1S/C12H9NO4S/c14-9(15)8-5-18-11-12(10(16)13(8)11)3-7(12)6-1-2-17-4-6/h1-2,4-5,7,11H,3H2,(H,14,15)/t7-,11+,12-/m0/s1. The predicted molar refractivity (Wildman–Crippen MR) is 62.4 cm³/mol. The van der Waals surface area contributed by atoms with E-state index >= 15 is 0 Å². The van der Waals surface area contributed by atoms with Crippen molar-refractivity contribution in [2.75, 3.05) is 0 Å². The molecule has 0 radical (unpaired) electrons. The van der Waals surface area contributed by atoms with Gasteiger partial charge in [0.15, 0.2) is 0 Å². The molecule has 0 aromatic carbocycles.